The molecule has 0 aromatic carbocycles. The molecule has 0 aromatic rings. The zero-order valence-corrected chi connectivity index (χ0v) is 8.14. The first kappa shape index (κ1) is 7.56. The van der Waals surface area contributed by atoms with Gasteiger partial charge in [0.1, 0.15) is 1.41 Å². The molecule has 2 nitrogen and oxygen atoms in total. The molecule has 0 unspecified atom stereocenters. The molecule has 0 saturated carbocycles. The fraction of sp³-hybridized carbons (Fsp3) is 1.00. The number of nitrogens with zero attached hydrogens (tertiary/aromatic N) is 1. The van der Waals surface area contributed by atoms with Gasteiger partial charge in [-0.15, -0.1) is 0 Å². The summed E-state index contributed by atoms with van der Waals surface area (Å²) in [7, 11) is 2.11. The van der Waals surface area contributed by atoms with E-state index in [2.05, 4.69) is 25.8 Å². The van der Waals surface area contributed by atoms with Crippen molar-refractivity contribution in [3.63, 3.8) is 0 Å². The van der Waals surface area contributed by atoms with Crippen molar-refractivity contribution >= 4 is 0 Å². The van der Waals surface area contributed by atoms with E-state index >= 15 is 0 Å². The minimum absolute atomic E-state index is 0.865. The third kappa shape index (κ3) is 7.82. The summed E-state index contributed by atoms with van der Waals surface area (Å²) in [6, 6.07) is 0. The fourth-order valence-electron chi connectivity index (χ4n) is 1.00. The van der Waals surface area contributed by atoms with Gasteiger partial charge in [-0.2, -0.15) is 0 Å². The van der Waals surface area contributed by atoms with Crippen LogP contribution in [0.5, 0.6) is 0 Å². The Balaban J connectivity index is 0. The van der Waals surface area contributed by atoms with Crippen LogP contribution in [0.15, 0.2) is 0 Å². The van der Waals surface area contributed by atoms with Crippen LogP contribution in [0, 0.1) is 0 Å². The van der Waals surface area contributed by atoms with E-state index in [0.29, 0.717) is 0 Å². The minimum atomic E-state index is 0.865. The van der Waals surface area contributed by atoms with Crippen LogP contribution < -0.4 is 5.31 Å². The van der Waals surface area contributed by atoms with Gasteiger partial charge in [-0.05, 0) is 33.0 Å². The minimum Gasteiger partial charge on any atom is -0.315 e. The van der Waals surface area contributed by atoms with Crippen LogP contribution in [0.3, 0.4) is 0 Å². The number of nitrogens with one attached hydrogen (secondary N) is 1. The van der Waals surface area contributed by atoms with E-state index in [1.54, 1.807) is 5.31 Å². The summed E-state index contributed by atoms with van der Waals surface area (Å²) in [6.45, 7) is 8.19. The maximum Gasteiger partial charge on any atom is 0.122 e. The van der Waals surface area contributed by atoms with E-state index in [0.717, 1.165) is 32.6 Å². The lowest BCUT2D eigenvalue weighted by Crippen LogP contribution is -2.30. The van der Waals surface area contributed by atoms with Crippen molar-refractivity contribution in [3.8, 4) is 0 Å². The first-order chi connectivity index (χ1) is 6.70. The largest absolute Gasteiger partial charge is 0.315 e. The lowest BCUT2D eigenvalue weighted by atomic mass is 10.4. The molecule has 0 saturated heterocycles. The Bertz CT molecular complexity index is 92.1. The highest BCUT2D eigenvalue weighted by Gasteiger charge is 1.93. The molecule has 0 aliphatic carbocycles. The Morgan fingerprint density at radius 3 is 2.64 bits per heavy atom. The second-order valence-corrected chi connectivity index (χ2v) is 2.97. The van der Waals surface area contributed by atoms with Crippen LogP contribution in [-0.2, 0) is 0 Å². The maximum absolute atomic E-state index is 7.50. The maximum atomic E-state index is 7.50. The SMILES string of the molecule is [3H]N(CCC)CCN(C)CCC.[3H][3H]. The molecule has 2 heteroatoms. The average molecular weight is 166 g/mol. The van der Waals surface area contributed by atoms with Crippen LogP contribution in [0.2, 0.25) is 1.41 Å². The summed E-state index contributed by atoms with van der Waals surface area (Å²) in [4.78, 5) is 2.28. The zero-order valence-electron chi connectivity index (χ0n) is 11.1. The molecule has 0 rings (SSSR count). The standard InChI is InChI=1S/C9H22N2.H2/c1-4-6-10-7-9-11(3)8-5-2;/h10H,4-9H2,1-3H3;1H/i;1+2T/hT. The average Bonchev–Trinajstić information content (AvgIpc) is 2.19. The third-order valence-electron chi connectivity index (χ3n) is 1.63. The fourth-order valence-corrected chi connectivity index (χ4v) is 1.00. The topological polar surface area (TPSA) is 15.3 Å². The molecule has 0 radical (unpaired) electrons. The molecule has 0 atom stereocenters. The Hall–Kier alpha value is -0.0800. The van der Waals surface area contributed by atoms with Gasteiger partial charge in [-0.3, -0.25) is 0 Å². The molecular formula is C9H24N2. The summed E-state index contributed by atoms with van der Waals surface area (Å²) in [6.07, 6.45) is 2.27. The molecule has 0 fully saturated rings. The van der Waals surface area contributed by atoms with Crippen molar-refractivity contribution in [2.45, 2.75) is 26.7 Å². The van der Waals surface area contributed by atoms with Crippen molar-refractivity contribution in [1.29, 1.82) is 0 Å². The van der Waals surface area contributed by atoms with Gasteiger partial charge in [0.05, 0.1) is 0 Å². The molecule has 0 aromatic heterocycles. The van der Waals surface area contributed by atoms with Gasteiger partial charge in [0, 0.05) is 16.1 Å². The van der Waals surface area contributed by atoms with E-state index < -0.39 is 0 Å². The molecule has 0 heterocycles. The second kappa shape index (κ2) is 8.02. The van der Waals surface area contributed by atoms with Gasteiger partial charge >= 0.3 is 0 Å². The predicted octanol–water partition coefficient (Wildman–Crippen LogP) is 1.57. The number of hydrogen-bond donors (Lipinski definition) is 1. The lowest BCUT2D eigenvalue weighted by molar-refractivity contribution is 0.332. The molecule has 11 heavy (non-hydrogen) atoms. The van der Waals surface area contributed by atoms with Crippen molar-refractivity contribution in [3.05, 3.63) is 0 Å². The first-order valence-electron chi connectivity index (χ1n) is 6.07. The van der Waals surface area contributed by atoms with Gasteiger partial charge in [-0.25, -0.2) is 0 Å². The summed E-state index contributed by atoms with van der Waals surface area (Å²) >= 11 is 0. The molecule has 0 bridgehead atoms. The Labute approximate surface area is 75.5 Å². The van der Waals surface area contributed by atoms with Crippen LogP contribution >= 0.6 is 0 Å². The van der Waals surface area contributed by atoms with E-state index in [1.165, 1.54) is 6.42 Å². The molecule has 70 valence electrons. The number of likely N-dealkylation sites (N-methyl/N-ethyl adjacent to an activating group) is 1. The Morgan fingerprint density at radius 1 is 1.36 bits per heavy atom. The normalized spacial score (nSPS) is 13.4. The van der Waals surface area contributed by atoms with E-state index in [-0.39, 0.29) is 0 Å². The lowest BCUT2D eigenvalue weighted by Gasteiger charge is -2.15. The number of rotatable bonds is 7. The number of hydrogen-bond acceptors (Lipinski definition) is 2. The highest BCUT2D eigenvalue weighted by atomic mass is 15.1. The summed E-state index contributed by atoms with van der Waals surface area (Å²) in [5, 5.41) is 1.64. The van der Waals surface area contributed by atoms with Gasteiger partial charge in [0.2, 0.25) is 0 Å². The van der Waals surface area contributed by atoms with E-state index in [1.807, 2.05) is 0 Å². The summed E-state index contributed by atoms with van der Waals surface area (Å²) < 4.78 is 17.5. The van der Waals surface area contributed by atoms with Crippen molar-refractivity contribution in [1.82, 2.24) is 10.2 Å². The quantitative estimate of drug-likeness (QED) is 0.617. The van der Waals surface area contributed by atoms with E-state index in [4.69, 9.17) is 4.38 Å². The predicted molar refractivity (Wildman–Crippen MR) is 53.1 cm³/mol. The van der Waals surface area contributed by atoms with Crippen LogP contribution in [0.4, 0.5) is 0 Å². The molecule has 0 aliphatic rings. The van der Waals surface area contributed by atoms with Crippen LogP contribution in [0.1, 0.15) is 29.7 Å². The van der Waals surface area contributed by atoms with Crippen LogP contribution in [-0.4, -0.2) is 38.1 Å². The second-order valence-electron chi connectivity index (χ2n) is 2.97. The first-order valence-corrected chi connectivity index (χ1v) is 4.63. The van der Waals surface area contributed by atoms with Gasteiger partial charge in [0.25, 0.3) is 0 Å². The summed E-state index contributed by atoms with van der Waals surface area (Å²) in [5.41, 5.74) is 0. The Kier molecular flexibility index (Phi) is 5.51. The highest BCUT2D eigenvalue weighted by Crippen LogP contribution is 1.83. The van der Waals surface area contributed by atoms with Crippen molar-refractivity contribution in [2.24, 2.45) is 0 Å². The third-order valence-corrected chi connectivity index (χ3v) is 1.63. The van der Waals surface area contributed by atoms with Crippen LogP contribution in [0.25, 0.3) is 0 Å². The molecule has 0 aliphatic heterocycles. The van der Waals surface area contributed by atoms with Gasteiger partial charge < -0.3 is 10.2 Å². The van der Waals surface area contributed by atoms with Crippen molar-refractivity contribution in [2.75, 3.05) is 33.2 Å². The summed E-state index contributed by atoms with van der Waals surface area (Å²) in [5.74, 6) is 0. The molecular weight excluding hydrogens is 136 g/mol. The zero-order chi connectivity index (χ0) is 11.4. The molecule has 1 N–H and O–H groups in total. The van der Waals surface area contributed by atoms with E-state index in [9.17, 15) is 0 Å². The molecule has 0 spiro atoms. The Morgan fingerprint density at radius 2 is 2.09 bits per heavy atom. The monoisotopic (exact) mass is 166 g/mol. The van der Waals surface area contributed by atoms with Gasteiger partial charge in [-0.1, -0.05) is 13.8 Å². The molecule has 0 amide bonds. The van der Waals surface area contributed by atoms with Gasteiger partial charge in [0.15, 0.2) is 0 Å². The smallest absolute Gasteiger partial charge is 0.122 e. The highest BCUT2D eigenvalue weighted by molar-refractivity contribution is 4.52. The van der Waals surface area contributed by atoms with Crippen molar-refractivity contribution < 1.29 is 4.38 Å².